The molecule has 0 spiro atoms. The summed E-state index contributed by atoms with van der Waals surface area (Å²) in [6.07, 6.45) is 0. The summed E-state index contributed by atoms with van der Waals surface area (Å²) in [5, 5.41) is 12.2. The molecule has 0 saturated heterocycles. The van der Waals surface area contributed by atoms with Crippen LogP contribution in [0.15, 0.2) is 12.1 Å². The van der Waals surface area contributed by atoms with Gasteiger partial charge < -0.3 is 15.2 Å². The zero-order chi connectivity index (χ0) is 13.7. The van der Waals surface area contributed by atoms with Crippen LogP contribution in [-0.4, -0.2) is 24.9 Å². The molecule has 0 radical (unpaired) electrons. The number of halogens is 2. The first-order valence-electron chi connectivity index (χ1n) is 5.85. The molecular formula is C13H19F2NO2. The molecule has 102 valence electrons. The van der Waals surface area contributed by atoms with Crippen LogP contribution < -0.4 is 5.32 Å². The predicted molar refractivity (Wildman–Crippen MR) is 65.4 cm³/mol. The van der Waals surface area contributed by atoms with Crippen LogP contribution in [0.2, 0.25) is 0 Å². The lowest BCUT2D eigenvalue weighted by molar-refractivity contribution is 0.146. The molecule has 0 aliphatic heterocycles. The molecule has 5 heteroatoms. The summed E-state index contributed by atoms with van der Waals surface area (Å²) in [6.45, 7) is 4.92. The fourth-order valence-electron chi connectivity index (χ4n) is 1.64. The zero-order valence-corrected chi connectivity index (χ0v) is 10.8. The van der Waals surface area contributed by atoms with E-state index in [1.807, 2.05) is 13.8 Å². The molecule has 0 heterocycles. The van der Waals surface area contributed by atoms with Crippen LogP contribution in [0.5, 0.6) is 5.75 Å². The van der Waals surface area contributed by atoms with Gasteiger partial charge in [0.2, 0.25) is 0 Å². The number of nitrogens with one attached hydrogen (secondary N) is 1. The second-order valence-corrected chi connectivity index (χ2v) is 4.59. The highest BCUT2D eigenvalue weighted by molar-refractivity contribution is 5.29. The van der Waals surface area contributed by atoms with Crippen molar-refractivity contribution in [3.05, 3.63) is 29.3 Å². The minimum atomic E-state index is -0.945. The van der Waals surface area contributed by atoms with Gasteiger partial charge in [-0.3, -0.25) is 0 Å². The van der Waals surface area contributed by atoms with Gasteiger partial charge in [0.05, 0.1) is 6.61 Å². The molecule has 2 N–H and O–H groups in total. The van der Waals surface area contributed by atoms with Crippen molar-refractivity contribution in [1.29, 1.82) is 0 Å². The van der Waals surface area contributed by atoms with Crippen molar-refractivity contribution >= 4 is 0 Å². The Balaban J connectivity index is 2.67. The second-order valence-electron chi connectivity index (χ2n) is 4.59. The average molecular weight is 259 g/mol. The predicted octanol–water partition coefficient (Wildman–Crippen LogP) is 2.43. The SMILES string of the molecule is COCC(NCc1cc(F)c(O)c(F)c1)C(C)C. The molecule has 18 heavy (non-hydrogen) atoms. The Bertz CT molecular complexity index is 374. The summed E-state index contributed by atoms with van der Waals surface area (Å²) >= 11 is 0. The topological polar surface area (TPSA) is 41.5 Å². The fraction of sp³-hybridized carbons (Fsp3) is 0.538. The van der Waals surface area contributed by atoms with E-state index in [1.165, 1.54) is 0 Å². The molecule has 0 saturated carbocycles. The molecule has 0 fully saturated rings. The largest absolute Gasteiger partial charge is 0.503 e. The summed E-state index contributed by atoms with van der Waals surface area (Å²) in [7, 11) is 1.61. The quantitative estimate of drug-likeness (QED) is 0.824. The first kappa shape index (κ1) is 14.9. The highest BCUT2D eigenvalue weighted by atomic mass is 19.1. The van der Waals surface area contributed by atoms with Gasteiger partial charge in [0.15, 0.2) is 17.4 Å². The number of methoxy groups -OCH3 is 1. The van der Waals surface area contributed by atoms with Gasteiger partial charge >= 0.3 is 0 Å². The Morgan fingerprint density at radius 3 is 2.28 bits per heavy atom. The third kappa shape index (κ3) is 3.92. The Kier molecular flexibility index (Phi) is 5.50. The minimum absolute atomic E-state index is 0.106. The monoisotopic (exact) mass is 259 g/mol. The van der Waals surface area contributed by atoms with Gasteiger partial charge in [0.1, 0.15) is 0 Å². The van der Waals surface area contributed by atoms with Gasteiger partial charge in [-0.1, -0.05) is 13.8 Å². The Hall–Kier alpha value is -1.20. The number of phenols is 1. The summed E-state index contributed by atoms with van der Waals surface area (Å²) in [5.74, 6) is -2.48. The Morgan fingerprint density at radius 2 is 1.83 bits per heavy atom. The molecule has 0 aliphatic rings. The molecule has 1 aromatic carbocycles. The number of aromatic hydroxyl groups is 1. The lowest BCUT2D eigenvalue weighted by Crippen LogP contribution is -2.37. The van der Waals surface area contributed by atoms with E-state index in [2.05, 4.69) is 5.32 Å². The van der Waals surface area contributed by atoms with Gasteiger partial charge in [-0.15, -0.1) is 0 Å². The van der Waals surface area contributed by atoms with Crippen LogP contribution in [0.3, 0.4) is 0 Å². The Labute approximate surface area is 106 Å². The summed E-state index contributed by atoms with van der Waals surface area (Å²) < 4.78 is 31.3. The lowest BCUT2D eigenvalue weighted by Gasteiger charge is -2.21. The second kappa shape index (κ2) is 6.66. The Morgan fingerprint density at radius 1 is 1.28 bits per heavy atom. The molecule has 3 nitrogen and oxygen atoms in total. The van der Waals surface area contributed by atoms with Crippen LogP contribution in [0.1, 0.15) is 19.4 Å². The highest BCUT2D eigenvalue weighted by Crippen LogP contribution is 2.21. The first-order chi connectivity index (χ1) is 8.45. The number of hydrogen-bond acceptors (Lipinski definition) is 3. The maximum Gasteiger partial charge on any atom is 0.187 e. The number of benzene rings is 1. The first-order valence-corrected chi connectivity index (χ1v) is 5.85. The van der Waals surface area contributed by atoms with Crippen LogP contribution in [-0.2, 0) is 11.3 Å². The third-order valence-corrected chi connectivity index (χ3v) is 2.80. The molecule has 1 rings (SSSR count). The molecule has 0 aliphatic carbocycles. The molecule has 0 amide bonds. The van der Waals surface area contributed by atoms with E-state index in [-0.39, 0.29) is 6.04 Å². The van der Waals surface area contributed by atoms with E-state index in [4.69, 9.17) is 9.84 Å². The smallest absolute Gasteiger partial charge is 0.187 e. The minimum Gasteiger partial charge on any atom is -0.503 e. The standard InChI is InChI=1S/C13H19F2NO2/c1-8(2)12(7-18-3)16-6-9-4-10(14)13(17)11(15)5-9/h4-5,8,12,16-17H,6-7H2,1-3H3. The summed E-state index contributed by atoms with van der Waals surface area (Å²) in [4.78, 5) is 0. The molecule has 0 aromatic heterocycles. The van der Waals surface area contributed by atoms with Gasteiger partial charge in [0.25, 0.3) is 0 Å². The maximum atomic E-state index is 13.1. The number of ether oxygens (including phenoxy) is 1. The number of hydrogen-bond donors (Lipinski definition) is 2. The van der Waals surface area contributed by atoms with Crippen LogP contribution >= 0.6 is 0 Å². The van der Waals surface area contributed by atoms with Crippen LogP contribution in [0, 0.1) is 17.6 Å². The fourth-order valence-corrected chi connectivity index (χ4v) is 1.64. The number of rotatable bonds is 6. The average Bonchev–Trinajstić information content (AvgIpc) is 2.30. The van der Waals surface area contributed by atoms with Crippen molar-refractivity contribution in [3.63, 3.8) is 0 Å². The van der Waals surface area contributed by atoms with E-state index in [0.717, 1.165) is 12.1 Å². The molecule has 1 aromatic rings. The number of phenolic OH excluding ortho intramolecular Hbond substituents is 1. The van der Waals surface area contributed by atoms with Crippen molar-refractivity contribution in [2.24, 2.45) is 5.92 Å². The van der Waals surface area contributed by atoms with E-state index in [9.17, 15) is 8.78 Å². The van der Waals surface area contributed by atoms with Gasteiger partial charge in [-0.2, -0.15) is 0 Å². The van der Waals surface area contributed by atoms with Crippen LogP contribution in [0.4, 0.5) is 8.78 Å². The maximum absolute atomic E-state index is 13.1. The molecular weight excluding hydrogens is 240 g/mol. The molecule has 1 unspecified atom stereocenters. The van der Waals surface area contributed by atoms with E-state index in [1.54, 1.807) is 7.11 Å². The normalized spacial score (nSPS) is 13.0. The third-order valence-electron chi connectivity index (χ3n) is 2.80. The summed E-state index contributed by atoms with van der Waals surface area (Å²) in [5.41, 5.74) is 0.449. The van der Waals surface area contributed by atoms with Gasteiger partial charge in [0, 0.05) is 19.7 Å². The van der Waals surface area contributed by atoms with E-state index < -0.39 is 17.4 Å². The van der Waals surface area contributed by atoms with Gasteiger partial charge in [-0.25, -0.2) is 8.78 Å². The van der Waals surface area contributed by atoms with Crippen molar-refractivity contribution in [3.8, 4) is 5.75 Å². The highest BCUT2D eigenvalue weighted by Gasteiger charge is 2.14. The van der Waals surface area contributed by atoms with E-state index >= 15 is 0 Å². The lowest BCUT2D eigenvalue weighted by atomic mass is 10.0. The van der Waals surface area contributed by atoms with Crippen LogP contribution in [0.25, 0.3) is 0 Å². The van der Waals surface area contributed by atoms with Crippen molar-refractivity contribution in [1.82, 2.24) is 5.32 Å². The summed E-state index contributed by atoms with van der Waals surface area (Å²) in [6, 6.07) is 2.35. The van der Waals surface area contributed by atoms with E-state index in [0.29, 0.717) is 24.6 Å². The van der Waals surface area contributed by atoms with Crippen molar-refractivity contribution in [2.75, 3.05) is 13.7 Å². The molecule has 0 bridgehead atoms. The zero-order valence-electron chi connectivity index (χ0n) is 10.8. The molecule has 1 atom stereocenters. The van der Waals surface area contributed by atoms with Crippen molar-refractivity contribution in [2.45, 2.75) is 26.4 Å². The van der Waals surface area contributed by atoms with Crippen molar-refractivity contribution < 1.29 is 18.6 Å². The van der Waals surface area contributed by atoms with Gasteiger partial charge in [-0.05, 0) is 23.6 Å².